The fraction of sp³-hybridized carbons (Fsp3) is 0.474. The van der Waals surface area contributed by atoms with Crippen molar-refractivity contribution in [3.05, 3.63) is 36.0 Å². The van der Waals surface area contributed by atoms with Crippen molar-refractivity contribution in [2.75, 3.05) is 19.6 Å². The van der Waals surface area contributed by atoms with Gasteiger partial charge in [0.05, 0.1) is 12.0 Å². The van der Waals surface area contributed by atoms with Crippen molar-refractivity contribution >= 4 is 35.2 Å². The number of benzene rings is 1. The molecule has 1 saturated heterocycles. The van der Waals surface area contributed by atoms with Crippen LogP contribution in [0.15, 0.2) is 30.5 Å². The number of amides is 1. The van der Waals surface area contributed by atoms with E-state index in [1.54, 1.807) is 0 Å². The molecule has 142 valence electrons. The van der Waals surface area contributed by atoms with E-state index in [9.17, 15) is 14.7 Å². The number of nitrogens with one attached hydrogen (secondary N) is 2. The highest BCUT2D eigenvalue weighted by atomic mass is 35.5. The minimum absolute atomic E-state index is 0. The van der Waals surface area contributed by atoms with Gasteiger partial charge in [-0.25, -0.2) is 0 Å². The zero-order chi connectivity index (χ0) is 17.8. The molecule has 1 fully saturated rings. The molecule has 1 amide bonds. The summed E-state index contributed by atoms with van der Waals surface area (Å²) in [5, 5.41) is 13.4. The molecule has 1 aromatic carbocycles. The first-order valence-electron chi connectivity index (χ1n) is 8.86. The summed E-state index contributed by atoms with van der Waals surface area (Å²) in [7, 11) is 0. The quantitative estimate of drug-likeness (QED) is 0.719. The number of carbonyl (C=O) groups excluding carboxylic acids is 1. The van der Waals surface area contributed by atoms with E-state index in [4.69, 9.17) is 0 Å². The Hall–Kier alpha value is -2.05. The van der Waals surface area contributed by atoms with E-state index in [0.29, 0.717) is 19.5 Å². The van der Waals surface area contributed by atoms with Crippen molar-refractivity contribution in [1.82, 2.24) is 15.2 Å². The first-order chi connectivity index (χ1) is 12.1. The summed E-state index contributed by atoms with van der Waals surface area (Å²) in [6, 6.07) is 7.81. The Morgan fingerprint density at radius 3 is 2.92 bits per heavy atom. The van der Waals surface area contributed by atoms with Gasteiger partial charge in [-0.1, -0.05) is 18.2 Å². The second-order valence-corrected chi connectivity index (χ2v) is 6.75. The fourth-order valence-electron chi connectivity index (χ4n) is 3.53. The molecule has 2 aromatic rings. The zero-order valence-electron chi connectivity index (χ0n) is 14.9. The Balaban J connectivity index is 0.00000243. The Morgan fingerprint density at radius 1 is 1.38 bits per heavy atom. The lowest BCUT2D eigenvalue weighted by Crippen LogP contribution is -2.50. The lowest BCUT2D eigenvalue weighted by molar-refractivity contribution is -0.145. The lowest BCUT2D eigenvalue weighted by Gasteiger charge is -2.34. The van der Waals surface area contributed by atoms with Crippen LogP contribution in [0.4, 0.5) is 0 Å². The number of aromatic nitrogens is 1. The van der Waals surface area contributed by atoms with Crippen LogP contribution in [-0.2, 0) is 16.0 Å². The summed E-state index contributed by atoms with van der Waals surface area (Å²) in [6.07, 6.45) is 4.27. The molecule has 2 unspecified atom stereocenters. The number of hydrogen-bond acceptors (Lipinski definition) is 3. The van der Waals surface area contributed by atoms with Crippen LogP contribution in [0.2, 0.25) is 0 Å². The third-order valence-corrected chi connectivity index (χ3v) is 5.10. The molecule has 1 aliphatic heterocycles. The van der Waals surface area contributed by atoms with Crippen LogP contribution in [0.3, 0.4) is 0 Å². The predicted octanol–water partition coefficient (Wildman–Crippen LogP) is 2.43. The minimum Gasteiger partial charge on any atom is -0.481 e. The highest BCUT2D eigenvalue weighted by molar-refractivity contribution is 5.85. The fourth-order valence-corrected chi connectivity index (χ4v) is 3.53. The summed E-state index contributed by atoms with van der Waals surface area (Å²) in [5.41, 5.74) is 2.29. The van der Waals surface area contributed by atoms with E-state index in [1.165, 1.54) is 10.9 Å². The molecular formula is C19H26ClN3O3. The molecule has 1 aliphatic rings. The summed E-state index contributed by atoms with van der Waals surface area (Å²) in [6.45, 7) is 3.65. The first kappa shape index (κ1) is 20.3. The maximum Gasteiger partial charge on any atom is 0.307 e. The standard InChI is InChI=1S/C19H25N3O3.ClH/c1-13(22-10-4-5-15(12-22)19(24)25)18(23)20-9-8-14-11-21-17-7-3-2-6-16(14)17;/h2-3,6-7,11,13,15,21H,4-5,8-10,12H2,1H3,(H,20,23)(H,24,25);1H. The van der Waals surface area contributed by atoms with Gasteiger partial charge in [-0.2, -0.15) is 0 Å². The third kappa shape index (κ3) is 4.56. The molecule has 0 aliphatic carbocycles. The van der Waals surface area contributed by atoms with Crippen LogP contribution in [0.25, 0.3) is 10.9 Å². The summed E-state index contributed by atoms with van der Waals surface area (Å²) in [5.74, 6) is -1.17. The van der Waals surface area contributed by atoms with E-state index in [2.05, 4.69) is 16.4 Å². The van der Waals surface area contributed by atoms with Crippen molar-refractivity contribution in [3.8, 4) is 0 Å². The number of nitrogens with zero attached hydrogens (tertiary/aromatic N) is 1. The molecule has 3 N–H and O–H groups in total. The number of H-pyrrole nitrogens is 1. The number of fused-ring (bicyclic) bond motifs is 1. The molecule has 0 saturated carbocycles. The molecule has 0 spiro atoms. The largest absolute Gasteiger partial charge is 0.481 e. The normalized spacial score (nSPS) is 18.9. The summed E-state index contributed by atoms with van der Waals surface area (Å²) >= 11 is 0. The molecule has 2 heterocycles. The highest BCUT2D eigenvalue weighted by Gasteiger charge is 2.30. The van der Waals surface area contributed by atoms with E-state index < -0.39 is 5.97 Å². The van der Waals surface area contributed by atoms with Crippen molar-refractivity contribution in [2.24, 2.45) is 5.92 Å². The summed E-state index contributed by atoms with van der Waals surface area (Å²) < 4.78 is 0. The topological polar surface area (TPSA) is 85.4 Å². The van der Waals surface area contributed by atoms with E-state index in [1.807, 2.05) is 36.2 Å². The van der Waals surface area contributed by atoms with Crippen LogP contribution < -0.4 is 5.32 Å². The SMILES string of the molecule is CC(C(=O)NCCc1c[nH]c2ccccc12)N1CCCC(C(=O)O)C1.Cl. The van der Waals surface area contributed by atoms with Gasteiger partial charge in [0.25, 0.3) is 0 Å². The molecule has 3 rings (SSSR count). The highest BCUT2D eigenvalue weighted by Crippen LogP contribution is 2.19. The molecule has 7 heteroatoms. The maximum atomic E-state index is 12.4. The number of likely N-dealkylation sites (tertiary alicyclic amines) is 1. The van der Waals surface area contributed by atoms with E-state index in [-0.39, 0.29) is 30.3 Å². The Labute approximate surface area is 159 Å². The number of para-hydroxylation sites is 1. The monoisotopic (exact) mass is 379 g/mol. The van der Waals surface area contributed by atoms with Crippen LogP contribution >= 0.6 is 12.4 Å². The molecule has 26 heavy (non-hydrogen) atoms. The molecule has 2 atom stereocenters. The first-order valence-corrected chi connectivity index (χ1v) is 8.86. The number of aliphatic carboxylic acids is 1. The minimum atomic E-state index is -0.767. The third-order valence-electron chi connectivity index (χ3n) is 5.10. The zero-order valence-corrected chi connectivity index (χ0v) is 15.7. The predicted molar refractivity (Wildman–Crippen MR) is 104 cm³/mol. The lowest BCUT2D eigenvalue weighted by atomic mass is 9.97. The Morgan fingerprint density at radius 2 is 2.15 bits per heavy atom. The van der Waals surface area contributed by atoms with Gasteiger partial charge in [0.15, 0.2) is 0 Å². The van der Waals surface area contributed by atoms with Crippen LogP contribution in [0.1, 0.15) is 25.3 Å². The number of carboxylic acid groups (broad SMARTS) is 1. The molecule has 6 nitrogen and oxygen atoms in total. The maximum absolute atomic E-state index is 12.4. The van der Waals surface area contributed by atoms with Gasteiger partial charge in [0, 0.05) is 30.2 Å². The number of aromatic amines is 1. The number of rotatable bonds is 6. The van der Waals surface area contributed by atoms with Crippen molar-refractivity contribution in [3.63, 3.8) is 0 Å². The van der Waals surface area contributed by atoms with Gasteiger partial charge in [0.1, 0.15) is 0 Å². The number of halogens is 1. The molecule has 0 radical (unpaired) electrons. The van der Waals surface area contributed by atoms with Gasteiger partial charge >= 0.3 is 5.97 Å². The molecule has 0 bridgehead atoms. The number of piperidine rings is 1. The number of hydrogen-bond donors (Lipinski definition) is 3. The second-order valence-electron chi connectivity index (χ2n) is 6.75. The van der Waals surface area contributed by atoms with E-state index in [0.717, 1.165) is 24.9 Å². The van der Waals surface area contributed by atoms with Crippen molar-refractivity contribution in [1.29, 1.82) is 0 Å². The van der Waals surface area contributed by atoms with Gasteiger partial charge in [0.2, 0.25) is 5.91 Å². The average molecular weight is 380 g/mol. The summed E-state index contributed by atoms with van der Waals surface area (Å²) in [4.78, 5) is 28.8. The van der Waals surface area contributed by atoms with Crippen molar-refractivity contribution in [2.45, 2.75) is 32.2 Å². The second kappa shape index (κ2) is 9.05. The van der Waals surface area contributed by atoms with Crippen molar-refractivity contribution < 1.29 is 14.7 Å². The van der Waals surface area contributed by atoms with Gasteiger partial charge in [-0.3, -0.25) is 14.5 Å². The molecular weight excluding hydrogens is 354 g/mol. The molecule has 1 aromatic heterocycles. The van der Waals surface area contributed by atoms with Gasteiger partial charge in [-0.15, -0.1) is 12.4 Å². The van der Waals surface area contributed by atoms with Crippen LogP contribution in [0.5, 0.6) is 0 Å². The van der Waals surface area contributed by atoms with Crippen LogP contribution in [0, 0.1) is 5.92 Å². The Bertz CT molecular complexity index is 761. The average Bonchev–Trinajstić information content (AvgIpc) is 3.04. The smallest absolute Gasteiger partial charge is 0.307 e. The number of carbonyl (C=O) groups is 2. The van der Waals surface area contributed by atoms with E-state index >= 15 is 0 Å². The van der Waals surface area contributed by atoms with Gasteiger partial charge < -0.3 is 15.4 Å². The van der Waals surface area contributed by atoms with Crippen LogP contribution in [-0.4, -0.2) is 52.5 Å². The van der Waals surface area contributed by atoms with Gasteiger partial charge in [-0.05, 0) is 44.4 Å². The number of carboxylic acids is 1. The Kier molecular flexibility index (Phi) is 7.06.